The second-order valence-corrected chi connectivity index (χ2v) is 2.87. The summed E-state index contributed by atoms with van der Waals surface area (Å²) in [7, 11) is 0. The Balaban J connectivity index is 3.96. The Kier molecular flexibility index (Phi) is 4.16. The SMILES string of the molecule is C[CH]C(=O)OC(C)(CC)CC. The van der Waals surface area contributed by atoms with Gasteiger partial charge in [0.1, 0.15) is 5.60 Å². The van der Waals surface area contributed by atoms with Crippen LogP contribution in [0.4, 0.5) is 0 Å². The molecule has 0 spiro atoms. The molecule has 0 saturated heterocycles. The highest BCUT2D eigenvalue weighted by Gasteiger charge is 2.23. The lowest BCUT2D eigenvalue weighted by Crippen LogP contribution is -2.29. The topological polar surface area (TPSA) is 26.3 Å². The summed E-state index contributed by atoms with van der Waals surface area (Å²) >= 11 is 0. The maximum atomic E-state index is 10.9. The number of rotatable bonds is 4. The third kappa shape index (κ3) is 3.40. The van der Waals surface area contributed by atoms with Crippen molar-refractivity contribution in [1.29, 1.82) is 0 Å². The van der Waals surface area contributed by atoms with Gasteiger partial charge in [0.05, 0.1) is 6.42 Å². The van der Waals surface area contributed by atoms with Crippen LogP contribution < -0.4 is 0 Å². The first-order chi connectivity index (χ1) is 5.08. The number of ether oxygens (including phenoxy) is 1. The number of carbonyl (C=O) groups is 1. The zero-order chi connectivity index (χ0) is 8.91. The molecule has 0 aromatic heterocycles. The number of hydrogen-bond donors (Lipinski definition) is 0. The van der Waals surface area contributed by atoms with Gasteiger partial charge >= 0.3 is 5.97 Å². The fourth-order valence-electron chi connectivity index (χ4n) is 0.696. The molecule has 0 bridgehead atoms. The summed E-state index contributed by atoms with van der Waals surface area (Å²) in [6.07, 6.45) is 3.18. The number of carbonyl (C=O) groups excluding carboxylic acids is 1. The maximum absolute atomic E-state index is 10.9. The minimum absolute atomic E-state index is 0.226. The Morgan fingerprint density at radius 2 is 1.91 bits per heavy atom. The van der Waals surface area contributed by atoms with Crippen molar-refractivity contribution in [2.75, 3.05) is 0 Å². The lowest BCUT2D eigenvalue weighted by molar-refractivity contribution is -0.154. The molecule has 0 fully saturated rings. The van der Waals surface area contributed by atoms with Crippen LogP contribution in [0.15, 0.2) is 0 Å². The van der Waals surface area contributed by atoms with Crippen LogP contribution in [-0.4, -0.2) is 11.6 Å². The molecule has 0 unspecified atom stereocenters. The molecule has 0 rings (SSSR count). The van der Waals surface area contributed by atoms with Crippen molar-refractivity contribution in [3.63, 3.8) is 0 Å². The van der Waals surface area contributed by atoms with Gasteiger partial charge < -0.3 is 4.74 Å². The van der Waals surface area contributed by atoms with Gasteiger partial charge in [-0.2, -0.15) is 0 Å². The van der Waals surface area contributed by atoms with E-state index in [0.717, 1.165) is 12.8 Å². The molecular weight excluding hydrogens is 140 g/mol. The Morgan fingerprint density at radius 3 is 2.18 bits per heavy atom. The summed E-state index contributed by atoms with van der Waals surface area (Å²) in [5.41, 5.74) is -0.274. The highest BCUT2D eigenvalue weighted by molar-refractivity contribution is 5.78. The van der Waals surface area contributed by atoms with E-state index in [1.54, 1.807) is 6.92 Å². The lowest BCUT2D eigenvalue weighted by atomic mass is 10.0. The molecular formula is C9H17O2. The van der Waals surface area contributed by atoms with Crippen molar-refractivity contribution in [1.82, 2.24) is 0 Å². The van der Waals surface area contributed by atoms with Crippen LogP contribution in [0.25, 0.3) is 0 Å². The molecule has 0 amide bonds. The summed E-state index contributed by atoms with van der Waals surface area (Å²) in [5, 5.41) is 0. The van der Waals surface area contributed by atoms with E-state index in [0.29, 0.717) is 0 Å². The largest absolute Gasteiger partial charge is 0.459 e. The van der Waals surface area contributed by atoms with Gasteiger partial charge in [-0.15, -0.1) is 0 Å². The van der Waals surface area contributed by atoms with Crippen LogP contribution >= 0.6 is 0 Å². The predicted molar refractivity (Wildman–Crippen MR) is 45.1 cm³/mol. The highest BCUT2D eigenvalue weighted by atomic mass is 16.6. The van der Waals surface area contributed by atoms with Crippen LogP contribution in [-0.2, 0) is 9.53 Å². The molecule has 1 radical (unpaired) electrons. The third-order valence-corrected chi connectivity index (χ3v) is 2.08. The third-order valence-electron chi connectivity index (χ3n) is 2.08. The first-order valence-electron chi connectivity index (χ1n) is 4.10. The van der Waals surface area contributed by atoms with E-state index in [2.05, 4.69) is 0 Å². The second kappa shape index (κ2) is 4.37. The Bertz CT molecular complexity index is 126. The fraction of sp³-hybridized carbons (Fsp3) is 0.778. The van der Waals surface area contributed by atoms with Crippen molar-refractivity contribution in [2.24, 2.45) is 0 Å². The summed E-state index contributed by atoms with van der Waals surface area (Å²) in [5.74, 6) is -0.226. The molecule has 0 aliphatic heterocycles. The highest BCUT2D eigenvalue weighted by Crippen LogP contribution is 2.19. The molecule has 0 saturated carbocycles. The average molecular weight is 157 g/mol. The molecule has 2 nitrogen and oxygen atoms in total. The van der Waals surface area contributed by atoms with Crippen LogP contribution in [0.5, 0.6) is 0 Å². The van der Waals surface area contributed by atoms with Crippen LogP contribution in [0.3, 0.4) is 0 Å². The molecule has 0 aromatic carbocycles. The van der Waals surface area contributed by atoms with Crippen molar-refractivity contribution < 1.29 is 9.53 Å². The Labute approximate surface area is 68.9 Å². The van der Waals surface area contributed by atoms with Crippen molar-refractivity contribution >= 4 is 5.97 Å². The van der Waals surface area contributed by atoms with E-state index in [1.165, 1.54) is 6.42 Å². The van der Waals surface area contributed by atoms with Crippen LogP contribution in [0.1, 0.15) is 40.5 Å². The lowest BCUT2D eigenvalue weighted by Gasteiger charge is -2.26. The molecule has 11 heavy (non-hydrogen) atoms. The number of esters is 1. The summed E-state index contributed by atoms with van der Waals surface area (Å²) in [4.78, 5) is 10.9. The first-order valence-corrected chi connectivity index (χ1v) is 4.10. The van der Waals surface area contributed by atoms with Crippen molar-refractivity contribution in [2.45, 2.75) is 46.1 Å². The average Bonchev–Trinajstić information content (AvgIpc) is 2.04. The minimum atomic E-state index is -0.274. The quantitative estimate of drug-likeness (QED) is 0.585. The van der Waals surface area contributed by atoms with Gasteiger partial charge in [0.25, 0.3) is 0 Å². The molecule has 0 aliphatic rings. The Hall–Kier alpha value is -0.530. The van der Waals surface area contributed by atoms with E-state index in [4.69, 9.17) is 4.74 Å². The van der Waals surface area contributed by atoms with E-state index >= 15 is 0 Å². The smallest absolute Gasteiger partial charge is 0.310 e. The summed E-state index contributed by atoms with van der Waals surface area (Å²) in [6, 6.07) is 0. The van der Waals surface area contributed by atoms with Gasteiger partial charge in [0.2, 0.25) is 0 Å². The summed E-state index contributed by atoms with van der Waals surface area (Å²) in [6.45, 7) is 7.68. The second-order valence-electron chi connectivity index (χ2n) is 2.87. The molecule has 0 aliphatic carbocycles. The first kappa shape index (κ1) is 10.5. The van der Waals surface area contributed by atoms with Crippen LogP contribution in [0.2, 0.25) is 0 Å². The van der Waals surface area contributed by atoms with E-state index in [-0.39, 0.29) is 11.6 Å². The van der Waals surface area contributed by atoms with E-state index < -0.39 is 0 Å². The molecule has 0 aromatic rings. The van der Waals surface area contributed by atoms with Gasteiger partial charge in [-0.25, -0.2) is 0 Å². The maximum Gasteiger partial charge on any atom is 0.310 e. The van der Waals surface area contributed by atoms with Gasteiger partial charge in [-0.1, -0.05) is 20.8 Å². The van der Waals surface area contributed by atoms with Crippen molar-refractivity contribution in [3.05, 3.63) is 6.42 Å². The van der Waals surface area contributed by atoms with Gasteiger partial charge in [0, 0.05) is 0 Å². The summed E-state index contributed by atoms with van der Waals surface area (Å²) < 4.78 is 5.19. The van der Waals surface area contributed by atoms with Gasteiger partial charge in [-0.05, 0) is 19.8 Å². The van der Waals surface area contributed by atoms with Gasteiger partial charge in [-0.3, -0.25) is 4.79 Å². The minimum Gasteiger partial charge on any atom is -0.459 e. The molecule has 2 heteroatoms. The molecule has 0 heterocycles. The predicted octanol–water partition coefficient (Wildman–Crippen LogP) is 2.33. The van der Waals surface area contributed by atoms with Gasteiger partial charge in [0.15, 0.2) is 0 Å². The normalized spacial score (nSPS) is 11.3. The van der Waals surface area contributed by atoms with Crippen molar-refractivity contribution in [3.8, 4) is 0 Å². The van der Waals surface area contributed by atoms with Crippen LogP contribution in [0, 0.1) is 6.42 Å². The monoisotopic (exact) mass is 157 g/mol. The molecule has 0 atom stereocenters. The standard InChI is InChI=1S/C9H17O2/c1-5-8(10)11-9(4,6-2)7-3/h5H,6-7H2,1-4H3. The number of hydrogen-bond acceptors (Lipinski definition) is 2. The van der Waals surface area contributed by atoms with E-state index in [9.17, 15) is 4.79 Å². The molecule has 65 valence electrons. The molecule has 0 N–H and O–H groups in total. The fourth-order valence-corrected chi connectivity index (χ4v) is 0.696. The zero-order valence-electron chi connectivity index (χ0n) is 7.81. The van der Waals surface area contributed by atoms with E-state index in [1.807, 2.05) is 20.8 Å². The Morgan fingerprint density at radius 1 is 1.45 bits per heavy atom. The zero-order valence-corrected chi connectivity index (χ0v) is 7.81.